The van der Waals surface area contributed by atoms with Gasteiger partial charge in [-0.05, 0) is 96.1 Å². The minimum absolute atomic E-state index is 0.0945. The molecule has 0 spiro atoms. The van der Waals surface area contributed by atoms with Gasteiger partial charge in [0.1, 0.15) is 0 Å². The maximum Gasteiger partial charge on any atom is 0.271 e. The van der Waals surface area contributed by atoms with Gasteiger partial charge in [0, 0.05) is 16.9 Å². The number of phenolic OH excluding ortho intramolecular Hbond substituents is 1. The summed E-state index contributed by atoms with van der Waals surface area (Å²) in [5, 5.41) is 14.1. The van der Waals surface area contributed by atoms with Crippen molar-refractivity contribution >= 4 is 34.7 Å². The van der Waals surface area contributed by atoms with E-state index in [4.69, 9.17) is 4.74 Å². The van der Waals surface area contributed by atoms with Gasteiger partial charge in [-0.1, -0.05) is 30.3 Å². The number of nitrogens with zero attached hydrogens (tertiary/aromatic N) is 2. The fraction of sp³-hybridized carbons (Fsp3) is 0.111. The third-order valence-corrected chi connectivity index (χ3v) is 6.09. The molecular weight excluding hydrogens is 541 g/mol. The monoisotopic (exact) mass is 565 g/mol. The van der Waals surface area contributed by atoms with E-state index in [0.717, 1.165) is 22.6 Å². The Morgan fingerprint density at radius 3 is 2.53 bits per heavy atom. The molecule has 172 valence electrons. The number of aromatic nitrogens is 1. The van der Waals surface area contributed by atoms with E-state index in [2.05, 4.69) is 46.3 Å². The van der Waals surface area contributed by atoms with Crippen molar-refractivity contribution in [3.8, 4) is 28.4 Å². The van der Waals surface area contributed by atoms with Gasteiger partial charge in [-0.15, -0.1) is 0 Å². The lowest BCUT2D eigenvalue weighted by molar-refractivity contribution is 0.0955. The van der Waals surface area contributed by atoms with E-state index in [0.29, 0.717) is 27.1 Å². The number of hydrogen-bond acceptors (Lipinski definition) is 4. The van der Waals surface area contributed by atoms with Gasteiger partial charge in [-0.25, -0.2) is 5.43 Å². The molecule has 0 saturated heterocycles. The van der Waals surface area contributed by atoms with E-state index in [-0.39, 0.29) is 11.7 Å². The second-order valence-corrected chi connectivity index (χ2v) is 8.75. The van der Waals surface area contributed by atoms with Crippen LogP contribution < -0.4 is 10.2 Å². The number of halogens is 1. The van der Waals surface area contributed by atoms with Crippen molar-refractivity contribution in [2.45, 2.75) is 13.8 Å². The van der Waals surface area contributed by atoms with Crippen molar-refractivity contribution in [3.63, 3.8) is 0 Å². The maximum atomic E-state index is 12.6. The number of benzene rings is 3. The molecule has 1 aromatic heterocycles. The molecule has 0 unspecified atom stereocenters. The van der Waals surface area contributed by atoms with Gasteiger partial charge in [0.2, 0.25) is 0 Å². The van der Waals surface area contributed by atoms with Gasteiger partial charge in [-0.3, -0.25) is 4.79 Å². The lowest BCUT2D eigenvalue weighted by Crippen LogP contribution is -2.17. The number of nitrogens with one attached hydrogen (secondary N) is 1. The smallest absolute Gasteiger partial charge is 0.271 e. The van der Waals surface area contributed by atoms with E-state index >= 15 is 0 Å². The van der Waals surface area contributed by atoms with Gasteiger partial charge in [-0.2, -0.15) is 5.10 Å². The lowest BCUT2D eigenvalue weighted by Gasteiger charge is -2.12. The Morgan fingerprint density at radius 1 is 1.09 bits per heavy atom. The first-order valence-electron chi connectivity index (χ1n) is 10.8. The molecule has 6 nitrogen and oxygen atoms in total. The molecule has 34 heavy (non-hydrogen) atoms. The number of rotatable bonds is 7. The average molecular weight is 565 g/mol. The second-order valence-electron chi connectivity index (χ2n) is 7.59. The second kappa shape index (κ2) is 10.6. The van der Waals surface area contributed by atoms with Crippen molar-refractivity contribution < 1.29 is 14.6 Å². The van der Waals surface area contributed by atoms with Gasteiger partial charge < -0.3 is 14.4 Å². The molecule has 3 aromatic carbocycles. The number of aromatic hydroxyl groups is 1. The third-order valence-electron chi connectivity index (χ3n) is 5.26. The number of hydrazone groups is 1. The maximum absolute atomic E-state index is 12.6. The van der Waals surface area contributed by atoms with Crippen molar-refractivity contribution in [2.24, 2.45) is 5.10 Å². The zero-order chi connectivity index (χ0) is 24.1. The zero-order valence-electron chi connectivity index (χ0n) is 18.8. The van der Waals surface area contributed by atoms with Gasteiger partial charge in [0.25, 0.3) is 5.91 Å². The number of amides is 1. The van der Waals surface area contributed by atoms with Crippen LogP contribution in [-0.4, -0.2) is 28.4 Å². The largest absolute Gasteiger partial charge is 0.504 e. The highest BCUT2D eigenvalue weighted by Crippen LogP contribution is 2.32. The SMILES string of the molecule is CCOc1cc(/C=N/NC(=O)c2ccc(-n3c(C)ccc3-c3ccccc3)cc2)cc(I)c1O. The Hall–Kier alpha value is -3.59. The highest BCUT2D eigenvalue weighted by molar-refractivity contribution is 14.1. The number of carbonyl (C=O) groups excluding carboxylic acids is 1. The van der Waals surface area contributed by atoms with Crippen LogP contribution in [0.25, 0.3) is 16.9 Å². The van der Waals surface area contributed by atoms with Crippen LogP contribution in [0.2, 0.25) is 0 Å². The first-order chi connectivity index (χ1) is 16.5. The zero-order valence-corrected chi connectivity index (χ0v) is 21.0. The summed E-state index contributed by atoms with van der Waals surface area (Å²) in [6, 6.07) is 25.2. The fourth-order valence-electron chi connectivity index (χ4n) is 3.64. The molecule has 0 aliphatic heterocycles. The van der Waals surface area contributed by atoms with Crippen LogP contribution in [0.3, 0.4) is 0 Å². The fourth-order valence-corrected chi connectivity index (χ4v) is 4.27. The van der Waals surface area contributed by atoms with Crippen LogP contribution in [0, 0.1) is 10.5 Å². The molecule has 0 radical (unpaired) electrons. The van der Waals surface area contributed by atoms with Crippen molar-refractivity contribution in [2.75, 3.05) is 6.61 Å². The predicted molar refractivity (Wildman–Crippen MR) is 143 cm³/mol. The summed E-state index contributed by atoms with van der Waals surface area (Å²) in [7, 11) is 0. The van der Waals surface area contributed by atoms with Crippen LogP contribution in [-0.2, 0) is 0 Å². The van der Waals surface area contributed by atoms with Crippen molar-refractivity contribution in [3.05, 3.63) is 99.3 Å². The van der Waals surface area contributed by atoms with Crippen molar-refractivity contribution in [1.82, 2.24) is 9.99 Å². The van der Waals surface area contributed by atoms with E-state index < -0.39 is 0 Å². The molecule has 0 bridgehead atoms. The molecule has 0 saturated carbocycles. The molecule has 4 rings (SSSR count). The van der Waals surface area contributed by atoms with Crippen LogP contribution in [0.4, 0.5) is 0 Å². The van der Waals surface area contributed by atoms with E-state index in [1.165, 1.54) is 6.21 Å². The number of aryl methyl sites for hydroxylation is 1. The molecule has 0 aliphatic rings. The Kier molecular flexibility index (Phi) is 7.32. The highest BCUT2D eigenvalue weighted by atomic mass is 127. The minimum atomic E-state index is -0.311. The third kappa shape index (κ3) is 5.14. The number of carbonyl (C=O) groups is 1. The molecule has 1 amide bonds. The summed E-state index contributed by atoms with van der Waals surface area (Å²) >= 11 is 2.02. The Bertz CT molecular complexity index is 1330. The van der Waals surface area contributed by atoms with Gasteiger partial charge in [0.05, 0.1) is 22.1 Å². The van der Waals surface area contributed by atoms with E-state index in [1.807, 2.05) is 59.8 Å². The molecule has 4 aromatic rings. The quantitative estimate of drug-likeness (QED) is 0.166. The molecule has 1 heterocycles. The Morgan fingerprint density at radius 2 is 1.82 bits per heavy atom. The Balaban J connectivity index is 1.49. The van der Waals surface area contributed by atoms with Crippen LogP contribution in [0.15, 0.2) is 84.0 Å². The Labute approximate surface area is 212 Å². The lowest BCUT2D eigenvalue weighted by atomic mass is 10.1. The standard InChI is InChI=1S/C27H24IN3O3/c1-3-34-25-16-19(15-23(28)26(25)32)17-29-30-27(33)21-10-12-22(13-11-21)31-18(2)9-14-24(31)20-7-5-4-6-8-20/h4-17,32H,3H2,1-2H3,(H,30,33)/b29-17+. The molecular formula is C27H24IN3O3. The summed E-state index contributed by atoms with van der Waals surface area (Å²) in [5.74, 6) is 0.166. The first-order valence-corrected chi connectivity index (χ1v) is 11.9. The normalized spacial score (nSPS) is 11.0. The summed E-state index contributed by atoms with van der Waals surface area (Å²) in [6.07, 6.45) is 1.52. The van der Waals surface area contributed by atoms with Gasteiger partial charge in [0.15, 0.2) is 11.5 Å². The predicted octanol–water partition coefficient (Wildman–Crippen LogP) is 5.93. The molecule has 0 aliphatic carbocycles. The average Bonchev–Trinajstić information content (AvgIpc) is 3.24. The van der Waals surface area contributed by atoms with Gasteiger partial charge >= 0.3 is 0 Å². The van der Waals surface area contributed by atoms with Crippen LogP contribution in [0.1, 0.15) is 28.5 Å². The van der Waals surface area contributed by atoms with E-state index in [9.17, 15) is 9.90 Å². The molecule has 7 heteroatoms. The summed E-state index contributed by atoms with van der Waals surface area (Å²) in [4.78, 5) is 12.6. The van der Waals surface area contributed by atoms with Crippen LogP contribution >= 0.6 is 22.6 Å². The van der Waals surface area contributed by atoms with E-state index in [1.54, 1.807) is 24.3 Å². The number of phenols is 1. The highest BCUT2D eigenvalue weighted by Gasteiger charge is 2.11. The molecule has 0 fully saturated rings. The molecule has 2 N–H and O–H groups in total. The minimum Gasteiger partial charge on any atom is -0.504 e. The first kappa shape index (κ1) is 23.6. The summed E-state index contributed by atoms with van der Waals surface area (Å²) in [6.45, 7) is 4.34. The summed E-state index contributed by atoms with van der Waals surface area (Å²) in [5.41, 5.74) is 8.07. The van der Waals surface area contributed by atoms with Crippen molar-refractivity contribution in [1.29, 1.82) is 0 Å². The molecule has 0 atom stereocenters. The number of hydrogen-bond donors (Lipinski definition) is 2. The summed E-state index contributed by atoms with van der Waals surface area (Å²) < 4.78 is 8.24. The number of ether oxygens (including phenoxy) is 1. The topological polar surface area (TPSA) is 75.8 Å². The van der Waals surface area contributed by atoms with Crippen LogP contribution in [0.5, 0.6) is 11.5 Å².